The molecular weight excluding hydrogens is 535 g/mol. The third-order valence-corrected chi connectivity index (χ3v) is 8.84. The molecule has 2 aliphatic rings. The van der Waals surface area contributed by atoms with Crippen LogP contribution in [0.25, 0.3) is 0 Å². The molecule has 1 amide bonds. The monoisotopic (exact) mass is 574 g/mol. The van der Waals surface area contributed by atoms with E-state index in [1.54, 1.807) is 12.1 Å². The molecule has 7 atom stereocenters. The van der Waals surface area contributed by atoms with E-state index in [-0.39, 0.29) is 18.4 Å². The van der Waals surface area contributed by atoms with Gasteiger partial charge in [-0.3, -0.25) is 14.1 Å². The molecule has 2 unspecified atom stereocenters. The molecule has 2 aliphatic heterocycles. The highest BCUT2D eigenvalue weighted by atomic mass is 31.2. The second-order valence-electron chi connectivity index (χ2n) is 9.47. The van der Waals surface area contributed by atoms with Crippen LogP contribution < -0.4 is 14.6 Å². The number of hydrogen-bond donors (Lipinski definition) is 4. The van der Waals surface area contributed by atoms with Crippen molar-refractivity contribution in [1.29, 1.82) is 0 Å². The number of rotatable bonds is 12. The highest BCUT2D eigenvalue weighted by Crippen LogP contribution is 2.57. The van der Waals surface area contributed by atoms with Gasteiger partial charge in [0.1, 0.15) is 48.0 Å². The first kappa shape index (κ1) is 31.3. The fraction of sp³-hybridized carbons (Fsp3) is 0.680. The lowest BCUT2D eigenvalue weighted by Crippen LogP contribution is -2.64. The number of amides is 1. The Morgan fingerprint density at radius 1 is 1.18 bits per heavy atom. The molecule has 4 N–H and O–H groups in total. The van der Waals surface area contributed by atoms with Gasteiger partial charge in [0.05, 0.1) is 13.7 Å². The third kappa shape index (κ3) is 7.49. The topological polar surface area (TPSA) is 173 Å². The molecule has 14 heteroatoms. The summed E-state index contributed by atoms with van der Waals surface area (Å²) >= 11 is 0. The van der Waals surface area contributed by atoms with Crippen LogP contribution in [0.1, 0.15) is 46.5 Å². The maximum Gasteiger partial charge on any atom is 0.462 e. The zero-order valence-electron chi connectivity index (χ0n) is 22.6. The van der Waals surface area contributed by atoms with Gasteiger partial charge in [0.15, 0.2) is 6.29 Å². The highest BCUT2D eigenvalue weighted by molar-refractivity contribution is 7.51. The number of esters is 1. The molecule has 3 rings (SSSR count). The Kier molecular flexibility index (Phi) is 11.1. The largest absolute Gasteiger partial charge is 0.497 e. The smallest absolute Gasteiger partial charge is 0.462 e. The molecule has 1 aromatic carbocycles. The lowest BCUT2D eigenvalue weighted by Gasteiger charge is -2.44. The van der Waals surface area contributed by atoms with Crippen LogP contribution in [0.5, 0.6) is 11.5 Å². The van der Waals surface area contributed by atoms with Crippen molar-refractivity contribution in [3.63, 3.8) is 0 Å². The summed E-state index contributed by atoms with van der Waals surface area (Å²) in [7, 11) is -2.98. The second kappa shape index (κ2) is 13.9. The zero-order chi connectivity index (χ0) is 28.7. The van der Waals surface area contributed by atoms with Crippen LogP contribution in [0.4, 0.5) is 0 Å². The number of ether oxygens (including phenoxy) is 3. The van der Waals surface area contributed by atoms with Gasteiger partial charge in [0, 0.05) is 13.5 Å². The Morgan fingerprint density at radius 3 is 2.38 bits per heavy atom. The minimum Gasteiger partial charge on any atom is -0.497 e. The number of methoxy groups -OCH3 is 1. The van der Waals surface area contributed by atoms with E-state index in [1.807, 2.05) is 13.8 Å². The van der Waals surface area contributed by atoms with Crippen LogP contribution in [0, 0.1) is 0 Å². The van der Waals surface area contributed by atoms with Crippen LogP contribution in [-0.4, -0.2) is 94.9 Å². The molecule has 0 radical (unpaired) electrons. The summed E-state index contributed by atoms with van der Waals surface area (Å²) < 4.78 is 43.9. The highest BCUT2D eigenvalue weighted by Gasteiger charge is 2.53. The molecule has 0 aliphatic carbocycles. The van der Waals surface area contributed by atoms with Crippen LogP contribution in [0.3, 0.4) is 0 Å². The molecule has 2 fully saturated rings. The third-order valence-electron chi connectivity index (χ3n) is 6.78. The van der Waals surface area contributed by atoms with Crippen molar-refractivity contribution < 1.29 is 52.7 Å². The van der Waals surface area contributed by atoms with Crippen molar-refractivity contribution in [3.05, 3.63) is 24.3 Å². The first-order chi connectivity index (χ1) is 18.6. The number of nitrogens with one attached hydrogen (secondary N) is 1. The second-order valence-corrected chi connectivity index (χ2v) is 11.3. The summed E-state index contributed by atoms with van der Waals surface area (Å²) in [6.45, 7) is 4.42. The van der Waals surface area contributed by atoms with E-state index in [9.17, 15) is 29.5 Å². The number of carbonyl (C=O) groups excluding carboxylic acids is 2. The predicted molar refractivity (Wildman–Crippen MR) is 138 cm³/mol. The van der Waals surface area contributed by atoms with Gasteiger partial charge in [0.2, 0.25) is 5.91 Å². The van der Waals surface area contributed by atoms with Gasteiger partial charge in [-0.1, -0.05) is 13.8 Å². The normalized spacial score (nSPS) is 29.0. The van der Waals surface area contributed by atoms with Crippen molar-refractivity contribution in [2.24, 2.45) is 0 Å². The first-order valence-electron chi connectivity index (χ1n) is 13.1. The van der Waals surface area contributed by atoms with Crippen molar-refractivity contribution in [1.82, 2.24) is 9.99 Å². The summed E-state index contributed by atoms with van der Waals surface area (Å²) in [6.07, 6.45) is -4.43. The van der Waals surface area contributed by atoms with Gasteiger partial charge in [-0.25, -0.2) is 4.57 Å². The quantitative estimate of drug-likeness (QED) is 0.209. The maximum atomic E-state index is 14.6. The number of hydrogen-bond acceptors (Lipinski definition) is 11. The number of carbonyl (C=O) groups is 2. The number of nitrogens with zero attached hydrogens (tertiary/aromatic N) is 1. The van der Waals surface area contributed by atoms with Gasteiger partial charge in [-0.2, -0.15) is 4.67 Å². The minimum atomic E-state index is -4.47. The minimum absolute atomic E-state index is 0.128. The standard InChI is InChI=1S/C25H39N2O11P/c1-5-16(6-2)35-24(31)19-8-7-13-27(19)39(33,37-18-11-9-17(34-4)10-12-18)38-23-20(14-28)36-25(32)21(22(23)30)26-15(3)29/h9-12,16,19-23,25,28,30,32H,5-8,13-14H2,1-4H3,(H,26,29)/t19?,20-,21-,22-,23-,25+,39?/m1/s1. The molecule has 39 heavy (non-hydrogen) atoms. The van der Waals surface area contributed by atoms with E-state index in [1.165, 1.54) is 30.8 Å². The lowest BCUT2D eigenvalue weighted by atomic mass is 9.97. The number of benzene rings is 1. The van der Waals surface area contributed by atoms with Crippen LogP contribution in [0.15, 0.2) is 24.3 Å². The lowest BCUT2D eigenvalue weighted by molar-refractivity contribution is -0.250. The van der Waals surface area contributed by atoms with E-state index >= 15 is 0 Å². The maximum absolute atomic E-state index is 14.6. The van der Waals surface area contributed by atoms with Crippen LogP contribution in [-0.2, 0) is 28.2 Å². The van der Waals surface area contributed by atoms with E-state index in [0.717, 1.165) is 0 Å². The summed E-state index contributed by atoms with van der Waals surface area (Å²) in [4.78, 5) is 24.8. The average Bonchev–Trinajstić information content (AvgIpc) is 3.42. The van der Waals surface area contributed by atoms with Crippen LogP contribution >= 0.6 is 7.75 Å². The Bertz CT molecular complexity index is 1010. The molecule has 2 saturated heterocycles. The Morgan fingerprint density at radius 2 is 1.82 bits per heavy atom. The average molecular weight is 575 g/mol. The number of aliphatic hydroxyl groups excluding tert-OH is 3. The van der Waals surface area contributed by atoms with Gasteiger partial charge in [0.25, 0.3) is 0 Å². The molecule has 0 spiro atoms. The first-order valence-corrected chi connectivity index (χ1v) is 14.6. The van der Waals surface area contributed by atoms with Crippen molar-refractivity contribution in [2.45, 2.75) is 89.2 Å². The van der Waals surface area contributed by atoms with Crippen molar-refractivity contribution >= 4 is 19.6 Å². The van der Waals surface area contributed by atoms with Gasteiger partial charge in [-0.05, 0) is 49.9 Å². The molecule has 0 aromatic heterocycles. The number of aliphatic hydroxyl groups is 3. The Balaban J connectivity index is 1.97. The molecule has 220 valence electrons. The predicted octanol–water partition coefficient (Wildman–Crippen LogP) is 1.34. The summed E-state index contributed by atoms with van der Waals surface area (Å²) in [6, 6.07) is 3.87. The fourth-order valence-electron chi connectivity index (χ4n) is 4.64. The van der Waals surface area contributed by atoms with E-state index in [4.69, 9.17) is 23.3 Å². The molecule has 13 nitrogen and oxygen atoms in total. The molecule has 0 bridgehead atoms. The Labute approximate surface area is 227 Å². The SMILES string of the molecule is CCC(CC)OC(=O)C1CCCN1P(=O)(Oc1ccc(OC)cc1)O[C@H]1[C@H](O)[C@@H](NC(C)=O)[C@@H](O)O[C@@H]1CO. The molecular formula is C25H39N2O11P. The van der Waals surface area contributed by atoms with Gasteiger partial charge in [-0.15, -0.1) is 0 Å². The van der Waals surface area contributed by atoms with E-state index in [0.29, 0.717) is 31.4 Å². The van der Waals surface area contributed by atoms with Crippen molar-refractivity contribution in [2.75, 3.05) is 20.3 Å². The molecule has 1 aromatic rings. The van der Waals surface area contributed by atoms with E-state index < -0.39 is 62.9 Å². The molecule has 2 heterocycles. The van der Waals surface area contributed by atoms with Crippen molar-refractivity contribution in [3.8, 4) is 11.5 Å². The van der Waals surface area contributed by atoms with Crippen LogP contribution in [0.2, 0.25) is 0 Å². The Hall–Kier alpha value is -2.25. The summed E-state index contributed by atoms with van der Waals surface area (Å²) in [5.74, 6) is -0.490. The summed E-state index contributed by atoms with van der Waals surface area (Å²) in [5, 5.41) is 33.7. The fourth-order valence-corrected chi connectivity index (χ4v) is 6.81. The summed E-state index contributed by atoms with van der Waals surface area (Å²) in [5.41, 5.74) is 0. The molecule has 0 saturated carbocycles. The van der Waals surface area contributed by atoms with E-state index in [2.05, 4.69) is 5.32 Å². The van der Waals surface area contributed by atoms with Gasteiger partial charge < -0.3 is 39.4 Å². The van der Waals surface area contributed by atoms with Gasteiger partial charge >= 0.3 is 13.7 Å². The zero-order valence-corrected chi connectivity index (χ0v) is 23.5.